The minimum atomic E-state index is -0.0848. The van der Waals surface area contributed by atoms with E-state index in [0.29, 0.717) is 12.3 Å². The fraction of sp³-hybridized carbons (Fsp3) is 0.0952. The van der Waals surface area contributed by atoms with E-state index >= 15 is 0 Å². The molecule has 0 spiro atoms. The molecule has 0 radical (unpaired) electrons. The molecule has 1 amide bonds. The first-order valence-electron chi connectivity index (χ1n) is 8.32. The fourth-order valence-electron chi connectivity index (χ4n) is 2.39. The number of anilines is 2. The highest BCUT2D eigenvalue weighted by atomic mass is 79.9. The lowest BCUT2D eigenvalue weighted by molar-refractivity contribution is -0.114. The van der Waals surface area contributed by atoms with E-state index < -0.39 is 0 Å². The van der Waals surface area contributed by atoms with E-state index in [1.165, 1.54) is 6.92 Å². The van der Waals surface area contributed by atoms with Gasteiger partial charge in [-0.15, -0.1) is 0 Å². The molecule has 0 unspecified atom stereocenters. The normalized spacial score (nSPS) is 10.4. The molecule has 6 heteroatoms. The third kappa shape index (κ3) is 5.77. The van der Waals surface area contributed by atoms with Crippen LogP contribution in [0.5, 0.6) is 5.75 Å². The van der Waals surface area contributed by atoms with Crippen LogP contribution in [0.25, 0.3) is 0 Å². The zero-order valence-electron chi connectivity index (χ0n) is 14.7. The van der Waals surface area contributed by atoms with Crippen LogP contribution in [0.4, 0.5) is 11.4 Å². The topological polar surface area (TPSA) is 64.3 Å². The summed E-state index contributed by atoms with van der Waals surface area (Å²) in [7, 11) is 0. The number of hydrogen-bond donors (Lipinski definition) is 2. The van der Waals surface area contributed by atoms with Crippen LogP contribution >= 0.6 is 27.7 Å². The number of nitrogens with one attached hydrogen (secondary N) is 1. The molecule has 0 atom stereocenters. The number of benzene rings is 3. The van der Waals surface area contributed by atoms with Gasteiger partial charge in [0.05, 0.1) is 0 Å². The highest BCUT2D eigenvalue weighted by Crippen LogP contribution is 2.34. The van der Waals surface area contributed by atoms with Crippen molar-refractivity contribution < 1.29 is 9.53 Å². The number of carbonyl (C=O) groups excluding carboxylic acids is 1. The molecule has 0 bridgehead atoms. The molecule has 3 aromatic carbocycles. The van der Waals surface area contributed by atoms with Crippen molar-refractivity contribution >= 4 is 45.0 Å². The minimum Gasteiger partial charge on any atom is -0.489 e. The van der Waals surface area contributed by atoms with Gasteiger partial charge in [0.25, 0.3) is 0 Å². The number of hydrogen-bond acceptors (Lipinski definition) is 4. The molecular weight excluding hydrogens is 424 g/mol. The van der Waals surface area contributed by atoms with Crippen LogP contribution in [0.3, 0.4) is 0 Å². The highest BCUT2D eigenvalue weighted by Gasteiger charge is 2.05. The van der Waals surface area contributed by atoms with Crippen molar-refractivity contribution in [1.29, 1.82) is 0 Å². The Morgan fingerprint density at radius 2 is 1.78 bits per heavy atom. The van der Waals surface area contributed by atoms with E-state index in [2.05, 4.69) is 21.2 Å². The lowest BCUT2D eigenvalue weighted by Gasteiger charge is -2.10. The van der Waals surface area contributed by atoms with Crippen LogP contribution in [0, 0.1) is 0 Å². The zero-order valence-corrected chi connectivity index (χ0v) is 17.1. The largest absolute Gasteiger partial charge is 0.489 e. The van der Waals surface area contributed by atoms with Crippen molar-refractivity contribution in [1.82, 2.24) is 0 Å². The van der Waals surface area contributed by atoms with E-state index in [1.54, 1.807) is 11.8 Å². The molecule has 0 aliphatic carbocycles. The maximum absolute atomic E-state index is 11.1. The van der Waals surface area contributed by atoms with Gasteiger partial charge in [-0.2, -0.15) is 0 Å². The number of halogens is 1. The summed E-state index contributed by atoms with van der Waals surface area (Å²) in [6.45, 7) is 1.98. The van der Waals surface area contributed by atoms with Gasteiger partial charge in [0.1, 0.15) is 12.4 Å². The highest BCUT2D eigenvalue weighted by molar-refractivity contribution is 9.10. The van der Waals surface area contributed by atoms with Gasteiger partial charge in [-0.1, -0.05) is 39.8 Å². The Morgan fingerprint density at radius 1 is 1.07 bits per heavy atom. The molecule has 27 heavy (non-hydrogen) atoms. The lowest BCUT2D eigenvalue weighted by atomic mass is 10.2. The Kier molecular flexibility index (Phi) is 6.42. The standard InChI is InChI=1S/C21H19BrN2O2S/c1-14(25)24-17-6-9-19(10-7-17)27-21-11-8-18(12-20(21)23)26-13-15-2-4-16(22)5-3-15/h2-12H,13,23H2,1H3,(H,24,25). The van der Waals surface area contributed by atoms with E-state index in [0.717, 1.165) is 31.3 Å². The van der Waals surface area contributed by atoms with E-state index in [9.17, 15) is 4.79 Å². The summed E-state index contributed by atoms with van der Waals surface area (Å²) in [5.41, 5.74) is 8.72. The van der Waals surface area contributed by atoms with Gasteiger partial charge in [0, 0.05) is 38.6 Å². The quantitative estimate of drug-likeness (QED) is 0.479. The maximum Gasteiger partial charge on any atom is 0.221 e. The van der Waals surface area contributed by atoms with Crippen LogP contribution in [-0.2, 0) is 11.4 Å². The second-order valence-electron chi connectivity index (χ2n) is 5.92. The average Bonchev–Trinajstić information content (AvgIpc) is 2.64. The van der Waals surface area contributed by atoms with Crippen molar-refractivity contribution in [2.45, 2.75) is 23.3 Å². The molecule has 3 rings (SSSR count). The van der Waals surface area contributed by atoms with Crippen LogP contribution in [-0.4, -0.2) is 5.91 Å². The Morgan fingerprint density at radius 3 is 2.41 bits per heavy atom. The van der Waals surface area contributed by atoms with E-state index in [4.69, 9.17) is 10.5 Å². The minimum absolute atomic E-state index is 0.0848. The predicted octanol–water partition coefficient (Wildman–Crippen LogP) is 5.72. The van der Waals surface area contributed by atoms with Crippen molar-refractivity contribution in [2.75, 3.05) is 11.1 Å². The molecule has 0 aromatic heterocycles. The van der Waals surface area contributed by atoms with Gasteiger partial charge in [-0.25, -0.2) is 0 Å². The summed E-state index contributed by atoms with van der Waals surface area (Å²) in [6, 6.07) is 21.4. The lowest BCUT2D eigenvalue weighted by Crippen LogP contribution is -2.05. The Balaban J connectivity index is 1.62. The fourth-order valence-corrected chi connectivity index (χ4v) is 3.50. The average molecular weight is 443 g/mol. The second kappa shape index (κ2) is 8.97. The molecule has 0 saturated heterocycles. The molecule has 0 saturated carbocycles. The Bertz CT molecular complexity index is 928. The molecular formula is C21H19BrN2O2S. The van der Waals surface area contributed by atoms with Gasteiger partial charge in [-0.05, 0) is 54.1 Å². The molecule has 0 aliphatic heterocycles. The van der Waals surface area contributed by atoms with Crippen molar-refractivity contribution in [3.8, 4) is 5.75 Å². The molecule has 0 fully saturated rings. The second-order valence-corrected chi connectivity index (χ2v) is 7.95. The first kappa shape index (κ1) is 19.3. The van der Waals surface area contributed by atoms with Gasteiger partial charge in [-0.3, -0.25) is 4.79 Å². The van der Waals surface area contributed by atoms with Crippen molar-refractivity contribution in [2.24, 2.45) is 0 Å². The predicted molar refractivity (Wildman–Crippen MR) is 114 cm³/mol. The molecule has 0 heterocycles. The van der Waals surface area contributed by atoms with Gasteiger partial charge < -0.3 is 15.8 Å². The van der Waals surface area contributed by atoms with Crippen LogP contribution in [0.1, 0.15) is 12.5 Å². The third-order valence-electron chi connectivity index (χ3n) is 3.70. The first-order valence-corrected chi connectivity index (χ1v) is 9.93. The smallest absolute Gasteiger partial charge is 0.221 e. The Hall–Kier alpha value is -2.44. The number of nitrogen functional groups attached to an aromatic ring is 1. The van der Waals surface area contributed by atoms with Gasteiger partial charge in [0.2, 0.25) is 5.91 Å². The maximum atomic E-state index is 11.1. The summed E-state index contributed by atoms with van der Waals surface area (Å²) in [4.78, 5) is 13.1. The molecule has 0 aliphatic rings. The van der Waals surface area contributed by atoms with E-state index in [-0.39, 0.29) is 5.91 Å². The van der Waals surface area contributed by atoms with Crippen molar-refractivity contribution in [3.05, 3.63) is 76.8 Å². The monoisotopic (exact) mass is 442 g/mol. The SMILES string of the molecule is CC(=O)Nc1ccc(Sc2ccc(OCc3ccc(Br)cc3)cc2N)cc1. The number of nitrogens with two attached hydrogens (primary N) is 1. The van der Waals surface area contributed by atoms with Crippen LogP contribution in [0.15, 0.2) is 81.0 Å². The van der Waals surface area contributed by atoms with Crippen LogP contribution < -0.4 is 15.8 Å². The van der Waals surface area contributed by atoms with Crippen LogP contribution in [0.2, 0.25) is 0 Å². The van der Waals surface area contributed by atoms with E-state index in [1.807, 2.05) is 66.7 Å². The number of ether oxygens (including phenoxy) is 1. The summed E-state index contributed by atoms with van der Waals surface area (Å²) < 4.78 is 6.87. The Labute approximate surface area is 171 Å². The molecule has 138 valence electrons. The summed E-state index contributed by atoms with van der Waals surface area (Å²) >= 11 is 4.99. The van der Waals surface area contributed by atoms with Crippen molar-refractivity contribution in [3.63, 3.8) is 0 Å². The zero-order chi connectivity index (χ0) is 19.2. The van der Waals surface area contributed by atoms with Gasteiger partial charge >= 0.3 is 0 Å². The number of amides is 1. The third-order valence-corrected chi connectivity index (χ3v) is 5.33. The van der Waals surface area contributed by atoms with Gasteiger partial charge in [0.15, 0.2) is 0 Å². The first-order chi connectivity index (χ1) is 13.0. The summed E-state index contributed by atoms with van der Waals surface area (Å²) in [5, 5.41) is 2.75. The molecule has 3 aromatic rings. The summed E-state index contributed by atoms with van der Waals surface area (Å²) in [5.74, 6) is 0.652. The number of carbonyl (C=O) groups is 1. The molecule has 4 nitrogen and oxygen atoms in total. The summed E-state index contributed by atoms with van der Waals surface area (Å²) in [6.07, 6.45) is 0. The molecule has 3 N–H and O–H groups in total. The number of rotatable bonds is 6.